The molecule has 2 heterocycles. The van der Waals surface area contributed by atoms with E-state index in [9.17, 15) is 4.79 Å². The van der Waals surface area contributed by atoms with Gasteiger partial charge in [0.1, 0.15) is 0 Å². The van der Waals surface area contributed by atoms with Crippen molar-refractivity contribution in [2.75, 3.05) is 6.61 Å². The molecule has 2 saturated heterocycles. The van der Waals surface area contributed by atoms with E-state index in [1.54, 1.807) is 0 Å². The molecule has 31 heavy (non-hydrogen) atoms. The van der Waals surface area contributed by atoms with Gasteiger partial charge < -0.3 is 4.74 Å². The van der Waals surface area contributed by atoms with Crippen LogP contribution >= 0.6 is 0 Å². The standard InChI is InChI=1S/C28H35BO2/c1-3-31-28(30)26(20-19-22-12-5-4-6-13-22)27(25-18-8-7-11-21(25)2)29-23-14-9-15-24(29)17-10-16-23/h4-8,11-13,18,23-24H,3,9-10,14-17,19-20H2,1-2H3/b27-26-. The Morgan fingerprint density at radius 1 is 0.935 bits per heavy atom. The van der Waals surface area contributed by atoms with Crippen LogP contribution < -0.4 is 0 Å². The topological polar surface area (TPSA) is 26.3 Å². The molecular formula is C28H35BO2. The maximum Gasteiger partial charge on any atom is 0.333 e. The minimum absolute atomic E-state index is 0.111. The molecule has 0 unspecified atom stereocenters. The van der Waals surface area contributed by atoms with E-state index >= 15 is 0 Å². The van der Waals surface area contributed by atoms with Gasteiger partial charge in [-0.2, -0.15) is 0 Å². The first kappa shape index (κ1) is 21.9. The molecule has 2 fully saturated rings. The van der Waals surface area contributed by atoms with Crippen LogP contribution in [-0.2, 0) is 16.0 Å². The van der Waals surface area contributed by atoms with E-state index in [2.05, 4.69) is 55.5 Å². The van der Waals surface area contributed by atoms with Gasteiger partial charge in [0.2, 0.25) is 0 Å². The molecule has 2 aromatic carbocycles. The number of benzene rings is 2. The number of rotatable bonds is 7. The first-order valence-electron chi connectivity index (χ1n) is 12.2. The van der Waals surface area contributed by atoms with Gasteiger partial charge in [-0.15, -0.1) is 0 Å². The maximum atomic E-state index is 13.4. The van der Waals surface area contributed by atoms with Gasteiger partial charge in [0.15, 0.2) is 6.71 Å². The Kier molecular flexibility index (Phi) is 7.32. The summed E-state index contributed by atoms with van der Waals surface area (Å²) in [6.45, 7) is 5.01. The third kappa shape index (κ3) is 4.97. The molecule has 2 aromatic rings. The van der Waals surface area contributed by atoms with E-state index in [1.807, 2.05) is 13.0 Å². The zero-order valence-corrected chi connectivity index (χ0v) is 19.1. The number of fused-ring (bicyclic) bond motifs is 2. The van der Waals surface area contributed by atoms with Crippen molar-refractivity contribution >= 4 is 18.2 Å². The summed E-state index contributed by atoms with van der Waals surface area (Å²) in [4.78, 5) is 13.4. The van der Waals surface area contributed by atoms with Crippen molar-refractivity contribution in [3.8, 4) is 0 Å². The summed E-state index contributed by atoms with van der Waals surface area (Å²) in [5, 5.41) is 0. The average molecular weight is 414 g/mol. The highest BCUT2D eigenvalue weighted by molar-refractivity contribution is 6.82. The van der Waals surface area contributed by atoms with Crippen LogP contribution in [0.15, 0.2) is 60.2 Å². The summed E-state index contributed by atoms with van der Waals surface area (Å²) in [6, 6.07) is 19.2. The Morgan fingerprint density at radius 3 is 2.16 bits per heavy atom. The second-order valence-electron chi connectivity index (χ2n) is 9.32. The summed E-state index contributed by atoms with van der Waals surface area (Å²) < 4.78 is 5.65. The van der Waals surface area contributed by atoms with Gasteiger partial charge in [-0.25, -0.2) is 4.79 Å². The highest BCUT2D eigenvalue weighted by Crippen LogP contribution is 2.51. The van der Waals surface area contributed by atoms with Crippen LogP contribution in [0.2, 0.25) is 11.6 Å². The van der Waals surface area contributed by atoms with E-state index < -0.39 is 0 Å². The zero-order chi connectivity index (χ0) is 21.6. The number of esters is 1. The fourth-order valence-corrected chi connectivity index (χ4v) is 6.04. The molecule has 0 aromatic heterocycles. The van der Waals surface area contributed by atoms with Gasteiger partial charge >= 0.3 is 5.97 Å². The number of carbonyl (C=O) groups excluding carboxylic acids is 1. The smallest absolute Gasteiger partial charge is 0.333 e. The van der Waals surface area contributed by atoms with Gasteiger partial charge in [-0.1, -0.05) is 110 Å². The van der Waals surface area contributed by atoms with E-state index in [1.165, 1.54) is 60.7 Å². The normalized spacial score (nSPS) is 21.4. The molecule has 0 radical (unpaired) electrons. The van der Waals surface area contributed by atoms with E-state index in [-0.39, 0.29) is 5.97 Å². The van der Waals surface area contributed by atoms with Crippen molar-refractivity contribution in [2.24, 2.45) is 0 Å². The van der Waals surface area contributed by atoms with Crippen molar-refractivity contribution in [3.63, 3.8) is 0 Å². The number of carbonyl (C=O) groups is 1. The van der Waals surface area contributed by atoms with Crippen LogP contribution in [0.4, 0.5) is 0 Å². The molecule has 2 nitrogen and oxygen atoms in total. The van der Waals surface area contributed by atoms with E-state index in [4.69, 9.17) is 4.74 Å². The molecule has 2 aliphatic heterocycles. The molecule has 0 N–H and O–H groups in total. The first-order chi connectivity index (χ1) is 15.2. The fourth-order valence-electron chi connectivity index (χ4n) is 6.04. The summed E-state index contributed by atoms with van der Waals surface area (Å²) >= 11 is 0. The Balaban J connectivity index is 1.83. The number of aryl methyl sites for hydroxylation is 2. The molecule has 0 aliphatic carbocycles. The largest absolute Gasteiger partial charge is 0.463 e. The van der Waals surface area contributed by atoms with Crippen LogP contribution in [0.1, 0.15) is 68.6 Å². The molecule has 0 spiro atoms. The lowest BCUT2D eigenvalue weighted by Crippen LogP contribution is -2.37. The molecule has 2 bridgehead atoms. The van der Waals surface area contributed by atoms with Crippen LogP contribution in [0.5, 0.6) is 0 Å². The lowest BCUT2D eigenvalue weighted by molar-refractivity contribution is -0.138. The van der Waals surface area contributed by atoms with Crippen molar-refractivity contribution in [2.45, 2.75) is 76.8 Å². The monoisotopic (exact) mass is 414 g/mol. The summed E-state index contributed by atoms with van der Waals surface area (Å²) in [7, 11) is 0. The summed E-state index contributed by atoms with van der Waals surface area (Å²) in [5.41, 5.74) is 6.04. The minimum Gasteiger partial charge on any atom is -0.463 e. The highest BCUT2D eigenvalue weighted by Gasteiger charge is 2.43. The van der Waals surface area contributed by atoms with Gasteiger partial charge in [0.25, 0.3) is 0 Å². The molecule has 0 amide bonds. The first-order valence-corrected chi connectivity index (χ1v) is 12.2. The predicted molar refractivity (Wildman–Crippen MR) is 130 cm³/mol. The van der Waals surface area contributed by atoms with E-state index in [0.717, 1.165) is 18.4 Å². The molecule has 3 heteroatoms. The van der Waals surface area contributed by atoms with Crippen molar-refractivity contribution in [3.05, 3.63) is 76.9 Å². The van der Waals surface area contributed by atoms with Crippen molar-refractivity contribution < 1.29 is 9.53 Å². The molecule has 2 aliphatic rings. The van der Waals surface area contributed by atoms with Gasteiger partial charge in [0, 0.05) is 5.57 Å². The Hall–Kier alpha value is -2.29. The maximum absolute atomic E-state index is 13.4. The van der Waals surface area contributed by atoms with Gasteiger partial charge in [0.05, 0.1) is 6.61 Å². The van der Waals surface area contributed by atoms with Crippen molar-refractivity contribution in [1.29, 1.82) is 0 Å². The second-order valence-corrected chi connectivity index (χ2v) is 9.32. The third-order valence-electron chi connectivity index (χ3n) is 7.44. The van der Waals surface area contributed by atoms with Gasteiger partial charge in [-0.05, 0) is 43.4 Å². The number of hydrogen-bond donors (Lipinski definition) is 0. The average Bonchev–Trinajstić information content (AvgIpc) is 2.78. The SMILES string of the molecule is CCOC(=O)/C(CCc1ccccc1)=C(\B1C2CCCC1CCC2)c1ccccc1C. The number of ether oxygens (including phenoxy) is 1. The molecule has 162 valence electrons. The van der Waals surface area contributed by atoms with Crippen LogP contribution in [0.3, 0.4) is 0 Å². The lowest BCUT2D eigenvalue weighted by atomic mass is 9.23. The highest BCUT2D eigenvalue weighted by atomic mass is 16.5. The number of hydrogen-bond acceptors (Lipinski definition) is 2. The van der Waals surface area contributed by atoms with E-state index in [0.29, 0.717) is 25.0 Å². The Bertz CT molecular complexity index is 896. The lowest BCUT2D eigenvalue weighted by Gasteiger charge is -2.42. The Morgan fingerprint density at radius 2 is 1.55 bits per heavy atom. The molecule has 0 saturated carbocycles. The molecule has 0 atom stereocenters. The molecule has 4 rings (SSSR count). The van der Waals surface area contributed by atoms with Crippen LogP contribution in [-0.4, -0.2) is 19.3 Å². The summed E-state index contributed by atoms with van der Waals surface area (Å²) in [6.07, 6.45) is 9.47. The fraction of sp³-hybridized carbons (Fsp3) is 0.464. The second kappa shape index (κ2) is 10.4. The Labute approximate surface area is 188 Å². The quantitative estimate of drug-likeness (QED) is 0.275. The van der Waals surface area contributed by atoms with Crippen LogP contribution in [0.25, 0.3) is 5.47 Å². The molecular weight excluding hydrogens is 379 g/mol. The van der Waals surface area contributed by atoms with Gasteiger partial charge in [-0.3, -0.25) is 0 Å². The third-order valence-corrected chi connectivity index (χ3v) is 7.44. The minimum atomic E-state index is -0.111. The van der Waals surface area contributed by atoms with Crippen LogP contribution in [0, 0.1) is 6.92 Å². The summed E-state index contributed by atoms with van der Waals surface area (Å²) in [5.74, 6) is 1.28. The van der Waals surface area contributed by atoms with Crippen molar-refractivity contribution in [1.82, 2.24) is 0 Å². The predicted octanol–water partition coefficient (Wildman–Crippen LogP) is 7.09. The zero-order valence-electron chi connectivity index (χ0n) is 19.1.